The molecule has 3 N–H and O–H groups in total. The standard InChI is InChI=1S/C21H26N2O4/c1-23(2)13-14-27-18-7-3-16(4-8-18)11-12-22-21(26)10-6-17-5-9-19(24)20(25)15-17/h3-10,15,24-25H,11-14H2,1-2H3,(H,22,26)/b10-6+. The van der Waals surface area contributed by atoms with Crippen LogP contribution in [-0.4, -0.2) is 54.8 Å². The highest BCUT2D eigenvalue weighted by Gasteiger charge is 2.01. The van der Waals surface area contributed by atoms with Crippen LogP contribution in [0.2, 0.25) is 0 Å². The van der Waals surface area contributed by atoms with Crippen molar-refractivity contribution in [3.8, 4) is 17.2 Å². The summed E-state index contributed by atoms with van der Waals surface area (Å²) in [5.41, 5.74) is 1.74. The van der Waals surface area contributed by atoms with E-state index in [9.17, 15) is 15.0 Å². The smallest absolute Gasteiger partial charge is 0.244 e. The first-order valence-corrected chi connectivity index (χ1v) is 8.78. The van der Waals surface area contributed by atoms with Gasteiger partial charge in [0.15, 0.2) is 11.5 Å². The van der Waals surface area contributed by atoms with Crippen LogP contribution in [0.5, 0.6) is 17.2 Å². The van der Waals surface area contributed by atoms with Crippen LogP contribution in [0.1, 0.15) is 11.1 Å². The summed E-state index contributed by atoms with van der Waals surface area (Å²) in [5.74, 6) is 0.216. The van der Waals surface area contributed by atoms with Crippen molar-refractivity contribution >= 4 is 12.0 Å². The van der Waals surface area contributed by atoms with E-state index >= 15 is 0 Å². The Balaban J connectivity index is 1.72. The van der Waals surface area contributed by atoms with Crippen LogP contribution in [0.15, 0.2) is 48.5 Å². The quantitative estimate of drug-likeness (QED) is 0.466. The molecule has 0 fully saturated rings. The van der Waals surface area contributed by atoms with Crippen molar-refractivity contribution in [1.29, 1.82) is 0 Å². The molecule has 2 rings (SSSR count). The first-order chi connectivity index (χ1) is 12.9. The molecule has 144 valence electrons. The van der Waals surface area contributed by atoms with Gasteiger partial charge < -0.3 is 25.2 Å². The highest BCUT2D eigenvalue weighted by Crippen LogP contribution is 2.25. The molecular formula is C21H26N2O4. The van der Waals surface area contributed by atoms with Crippen LogP contribution in [0.3, 0.4) is 0 Å². The van der Waals surface area contributed by atoms with Gasteiger partial charge in [-0.05, 0) is 62.0 Å². The molecule has 0 aliphatic heterocycles. The van der Waals surface area contributed by atoms with Crippen LogP contribution in [-0.2, 0) is 11.2 Å². The maximum Gasteiger partial charge on any atom is 0.244 e. The Kier molecular flexibility index (Phi) is 7.70. The van der Waals surface area contributed by atoms with Gasteiger partial charge in [-0.3, -0.25) is 4.79 Å². The predicted molar refractivity (Wildman–Crippen MR) is 106 cm³/mol. The molecule has 6 heteroatoms. The normalized spacial score (nSPS) is 11.1. The minimum absolute atomic E-state index is 0.189. The minimum Gasteiger partial charge on any atom is -0.504 e. The SMILES string of the molecule is CN(C)CCOc1ccc(CCNC(=O)/C=C/c2ccc(O)c(O)c2)cc1. The molecule has 0 heterocycles. The molecule has 0 saturated carbocycles. The van der Waals surface area contributed by atoms with E-state index in [-0.39, 0.29) is 17.4 Å². The Morgan fingerprint density at radius 2 is 1.85 bits per heavy atom. The second-order valence-corrected chi connectivity index (χ2v) is 6.42. The van der Waals surface area contributed by atoms with E-state index in [0.29, 0.717) is 18.7 Å². The third kappa shape index (κ3) is 7.42. The highest BCUT2D eigenvalue weighted by molar-refractivity contribution is 5.91. The van der Waals surface area contributed by atoms with Gasteiger partial charge in [-0.25, -0.2) is 0 Å². The predicted octanol–water partition coefficient (Wildman–Crippen LogP) is 2.41. The summed E-state index contributed by atoms with van der Waals surface area (Å²) in [4.78, 5) is 13.9. The van der Waals surface area contributed by atoms with Crippen molar-refractivity contribution in [2.24, 2.45) is 0 Å². The van der Waals surface area contributed by atoms with Crippen molar-refractivity contribution in [3.05, 3.63) is 59.7 Å². The summed E-state index contributed by atoms with van der Waals surface area (Å²) in [5, 5.41) is 21.5. The number of rotatable bonds is 9. The zero-order valence-corrected chi connectivity index (χ0v) is 15.7. The van der Waals surface area contributed by atoms with Crippen LogP contribution in [0, 0.1) is 0 Å². The maximum atomic E-state index is 11.9. The lowest BCUT2D eigenvalue weighted by molar-refractivity contribution is -0.116. The number of nitrogens with zero attached hydrogens (tertiary/aromatic N) is 1. The summed E-state index contributed by atoms with van der Waals surface area (Å²) < 4.78 is 5.65. The van der Waals surface area contributed by atoms with E-state index < -0.39 is 0 Å². The summed E-state index contributed by atoms with van der Waals surface area (Å²) in [7, 11) is 4.01. The van der Waals surface area contributed by atoms with Gasteiger partial charge in [0.1, 0.15) is 12.4 Å². The number of amides is 1. The molecule has 27 heavy (non-hydrogen) atoms. The number of benzene rings is 2. The molecule has 0 aromatic heterocycles. The number of likely N-dealkylation sites (N-methyl/N-ethyl adjacent to an activating group) is 1. The maximum absolute atomic E-state index is 11.9. The second-order valence-electron chi connectivity index (χ2n) is 6.42. The van der Waals surface area contributed by atoms with E-state index in [1.807, 2.05) is 38.4 Å². The Labute approximate surface area is 159 Å². The number of hydrogen-bond acceptors (Lipinski definition) is 5. The van der Waals surface area contributed by atoms with Gasteiger partial charge in [0, 0.05) is 19.2 Å². The summed E-state index contributed by atoms with van der Waals surface area (Å²) >= 11 is 0. The van der Waals surface area contributed by atoms with Gasteiger partial charge in [-0.15, -0.1) is 0 Å². The number of carbonyl (C=O) groups is 1. The van der Waals surface area contributed by atoms with Gasteiger partial charge in [0.25, 0.3) is 0 Å². The topological polar surface area (TPSA) is 82.0 Å². The molecule has 2 aromatic carbocycles. The van der Waals surface area contributed by atoms with Crippen molar-refractivity contribution < 1.29 is 19.7 Å². The molecule has 0 radical (unpaired) electrons. The lowest BCUT2D eigenvalue weighted by atomic mass is 10.1. The van der Waals surface area contributed by atoms with Crippen molar-refractivity contribution in [3.63, 3.8) is 0 Å². The van der Waals surface area contributed by atoms with Crippen LogP contribution < -0.4 is 10.1 Å². The van der Waals surface area contributed by atoms with E-state index in [0.717, 1.165) is 24.3 Å². The zero-order chi connectivity index (χ0) is 19.6. The van der Waals surface area contributed by atoms with E-state index in [1.54, 1.807) is 12.1 Å². The molecule has 1 amide bonds. The van der Waals surface area contributed by atoms with Crippen molar-refractivity contribution in [1.82, 2.24) is 10.2 Å². The average molecular weight is 370 g/mol. The molecule has 0 atom stereocenters. The third-order valence-corrected chi connectivity index (χ3v) is 3.87. The largest absolute Gasteiger partial charge is 0.504 e. The Morgan fingerprint density at radius 1 is 1.11 bits per heavy atom. The summed E-state index contributed by atoms with van der Waals surface area (Å²) in [6.07, 6.45) is 3.69. The van der Waals surface area contributed by atoms with E-state index in [1.165, 1.54) is 18.2 Å². The lowest BCUT2D eigenvalue weighted by Crippen LogP contribution is -2.23. The Bertz CT molecular complexity index is 770. The fourth-order valence-corrected chi connectivity index (χ4v) is 2.30. The van der Waals surface area contributed by atoms with Gasteiger partial charge in [-0.1, -0.05) is 18.2 Å². The number of nitrogens with one attached hydrogen (secondary N) is 1. The Hall–Kier alpha value is -2.99. The van der Waals surface area contributed by atoms with Gasteiger partial charge >= 0.3 is 0 Å². The first-order valence-electron chi connectivity index (χ1n) is 8.78. The number of carbonyl (C=O) groups excluding carboxylic acids is 1. The highest BCUT2D eigenvalue weighted by atomic mass is 16.5. The van der Waals surface area contributed by atoms with Gasteiger partial charge in [0.2, 0.25) is 5.91 Å². The van der Waals surface area contributed by atoms with Crippen molar-refractivity contribution in [2.45, 2.75) is 6.42 Å². The number of phenols is 2. The third-order valence-electron chi connectivity index (χ3n) is 3.87. The number of phenolic OH excluding ortho intramolecular Hbond substituents is 2. The summed E-state index contributed by atoms with van der Waals surface area (Å²) in [6, 6.07) is 12.2. The van der Waals surface area contributed by atoms with Crippen molar-refractivity contribution in [2.75, 3.05) is 33.8 Å². The number of ether oxygens (including phenoxy) is 1. The number of hydrogen-bond donors (Lipinski definition) is 3. The van der Waals surface area contributed by atoms with Crippen LogP contribution in [0.4, 0.5) is 0 Å². The first kappa shape index (κ1) is 20.3. The average Bonchev–Trinajstić information content (AvgIpc) is 2.64. The second kappa shape index (κ2) is 10.2. The summed E-state index contributed by atoms with van der Waals surface area (Å²) in [6.45, 7) is 2.03. The van der Waals surface area contributed by atoms with Gasteiger partial charge in [0.05, 0.1) is 0 Å². The van der Waals surface area contributed by atoms with Crippen LogP contribution >= 0.6 is 0 Å². The molecule has 0 saturated heterocycles. The lowest BCUT2D eigenvalue weighted by Gasteiger charge is -2.11. The molecule has 2 aromatic rings. The van der Waals surface area contributed by atoms with E-state index in [4.69, 9.17) is 4.74 Å². The molecule has 0 aliphatic rings. The van der Waals surface area contributed by atoms with Crippen LogP contribution in [0.25, 0.3) is 6.08 Å². The molecule has 0 unspecified atom stereocenters. The molecular weight excluding hydrogens is 344 g/mol. The fourth-order valence-electron chi connectivity index (χ4n) is 2.30. The Morgan fingerprint density at radius 3 is 2.52 bits per heavy atom. The molecule has 0 spiro atoms. The molecule has 6 nitrogen and oxygen atoms in total. The number of aromatic hydroxyl groups is 2. The van der Waals surface area contributed by atoms with Gasteiger partial charge in [-0.2, -0.15) is 0 Å². The zero-order valence-electron chi connectivity index (χ0n) is 15.7. The monoisotopic (exact) mass is 370 g/mol. The minimum atomic E-state index is -0.216. The molecule has 0 aliphatic carbocycles. The molecule has 0 bridgehead atoms. The fraction of sp³-hybridized carbons (Fsp3) is 0.286. The van der Waals surface area contributed by atoms with E-state index in [2.05, 4.69) is 10.2 Å².